The third kappa shape index (κ3) is 2.02. The molecule has 1 spiro atoms. The van der Waals surface area contributed by atoms with Crippen LogP contribution in [0.5, 0.6) is 0 Å². The Labute approximate surface area is 99.9 Å². The van der Waals surface area contributed by atoms with Crippen molar-refractivity contribution in [3.05, 3.63) is 28.1 Å². The molecule has 2 aliphatic rings. The number of allylic oxidation sites excluding steroid dienone is 1. The van der Waals surface area contributed by atoms with E-state index in [1.165, 1.54) is 17.7 Å². The van der Waals surface area contributed by atoms with Crippen molar-refractivity contribution in [2.75, 3.05) is 6.61 Å². The summed E-state index contributed by atoms with van der Waals surface area (Å²) in [5.74, 6) is 0.811. The SMILES string of the molecule is C(=C1\CCC2(CCCCO2)O1)/c1cccs1. The fourth-order valence-electron chi connectivity index (χ4n) is 2.39. The highest BCUT2D eigenvalue weighted by Crippen LogP contribution is 2.40. The number of thiophene rings is 1. The van der Waals surface area contributed by atoms with Gasteiger partial charge in [0.1, 0.15) is 5.76 Å². The van der Waals surface area contributed by atoms with Crippen LogP contribution in [-0.2, 0) is 9.47 Å². The number of rotatable bonds is 1. The van der Waals surface area contributed by atoms with Gasteiger partial charge in [-0.2, -0.15) is 0 Å². The van der Waals surface area contributed by atoms with Gasteiger partial charge in [-0.25, -0.2) is 0 Å². The lowest BCUT2D eigenvalue weighted by molar-refractivity contribution is -0.215. The van der Waals surface area contributed by atoms with Crippen LogP contribution < -0.4 is 0 Å². The van der Waals surface area contributed by atoms with Gasteiger partial charge in [-0.05, 0) is 30.4 Å². The molecule has 0 aliphatic carbocycles. The molecule has 0 radical (unpaired) electrons. The van der Waals surface area contributed by atoms with Crippen LogP contribution in [0.2, 0.25) is 0 Å². The molecule has 16 heavy (non-hydrogen) atoms. The first kappa shape index (κ1) is 10.4. The molecule has 2 saturated heterocycles. The summed E-state index contributed by atoms with van der Waals surface area (Å²) in [5, 5.41) is 2.09. The van der Waals surface area contributed by atoms with Crippen molar-refractivity contribution in [2.24, 2.45) is 0 Å². The van der Waals surface area contributed by atoms with Crippen molar-refractivity contribution in [3.63, 3.8) is 0 Å². The Morgan fingerprint density at radius 2 is 2.31 bits per heavy atom. The van der Waals surface area contributed by atoms with Crippen molar-refractivity contribution in [3.8, 4) is 0 Å². The Morgan fingerprint density at radius 3 is 3.06 bits per heavy atom. The molecule has 0 N–H and O–H groups in total. The molecule has 86 valence electrons. The largest absolute Gasteiger partial charge is 0.467 e. The molecule has 0 saturated carbocycles. The molecule has 3 rings (SSSR count). The predicted octanol–water partition coefficient (Wildman–Crippen LogP) is 3.80. The van der Waals surface area contributed by atoms with Crippen molar-refractivity contribution < 1.29 is 9.47 Å². The lowest BCUT2D eigenvalue weighted by Crippen LogP contribution is -2.34. The lowest BCUT2D eigenvalue weighted by atomic mass is 10.0. The normalized spacial score (nSPS) is 32.1. The van der Waals surface area contributed by atoms with E-state index >= 15 is 0 Å². The summed E-state index contributed by atoms with van der Waals surface area (Å²) >= 11 is 1.75. The fraction of sp³-hybridized carbons (Fsp3) is 0.538. The van der Waals surface area contributed by atoms with E-state index in [2.05, 4.69) is 23.6 Å². The molecule has 1 aromatic heterocycles. The molecule has 1 unspecified atom stereocenters. The summed E-state index contributed by atoms with van der Waals surface area (Å²) in [5.41, 5.74) is 0. The van der Waals surface area contributed by atoms with Gasteiger partial charge in [-0.15, -0.1) is 11.3 Å². The zero-order chi connectivity index (χ0) is 10.8. The van der Waals surface area contributed by atoms with Gasteiger partial charge < -0.3 is 9.47 Å². The maximum absolute atomic E-state index is 6.01. The number of ether oxygens (including phenoxy) is 2. The first-order valence-electron chi connectivity index (χ1n) is 5.93. The van der Waals surface area contributed by atoms with Gasteiger partial charge in [0.05, 0.1) is 6.61 Å². The zero-order valence-corrected chi connectivity index (χ0v) is 10.1. The second kappa shape index (κ2) is 4.22. The molecular formula is C13H16O2S. The quantitative estimate of drug-likeness (QED) is 0.738. The van der Waals surface area contributed by atoms with E-state index in [0.29, 0.717) is 0 Å². The highest BCUT2D eigenvalue weighted by molar-refractivity contribution is 7.10. The van der Waals surface area contributed by atoms with Gasteiger partial charge >= 0.3 is 0 Å². The van der Waals surface area contributed by atoms with Crippen LogP contribution in [0.4, 0.5) is 0 Å². The Bertz CT molecular complexity index is 375. The highest BCUT2D eigenvalue weighted by Gasteiger charge is 2.40. The standard InChI is InChI=1S/C13H16O2S/c1-2-8-14-13(6-1)7-5-11(15-13)10-12-4-3-9-16-12/h3-4,9-10H,1-2,5-8H2/b11-10-. The molecule has 1 aromatic rings. The van der Waals surface area contributed by atoms with Crippen molar-refractivity contribution >= 4 is 17.4 Å². The van der Waals surface area contributed by atoms with Crippen LogP contribution in [0.25, 0.3) is 6.08 Å². The lowest BCUT2D eigenvalue weighted by Gasteiger charge is -2.32. The number of hydrogen-bond acceptors (Lipinski definition) is 3. The molecule has 0 bridgehead atoms. The Morgan fingerprint density at radius 1 is 1.31 bits per heavy atom. The zero-order valence-electron chi connectivity index (χ0n) is 9.28. The molecule has 0 amide bonds. The van der Waals surface area contributed by atoms with Gasteiger partial charge in [0.15, 0.2) is 0 Å². The third-order valence-electron chi connectivity index (χ3n) is 3.23. The molecule has 1 atom stereocenters. The maximum Gasteiger partial charge on any atom is 0.210 e. The Kier molecular flexibility index (Phi) is 2.74. The molecule has 2 aliphatic heterocycles. The summed E-state index contributed by atoms with van der Waals surface area (Å²) in [6, 6.07) is 4.19. The van der Waals surface area contributed by atoms with Crippen molar-refractivity contribution in [2.45, 2.75) is 37.9 Å². The van der Waals surface area contributed by atoms with Gasteiger partial charge in [0.25, 0.3) is 0 Å². The smallest absolute Gasteiger partial charge is 0.210 e. The molecule has 3 heteroatoms. The van der Waals surface area contributed by atoms with Crippen LogP contribution in [0.15, 0.2) is 23.3 Å². The molecule has 0 aromatic carbocycles. The van der Waals surface area contributed by atoms with Crippen LogP contribution in [0, 0.1) is 0 Å². The van der Waals surface area contributed by atoms with Gasteiger partial charge in [-0.1, -0.05) is 6.07 Å². The Balaban J connectivity index is 1.72. The van der Waals surface area contributed by atoms with E-state index in [9.17, 15) is 0 Å². The van der Waals surface area contributed by atoms with Crippen LogP contribution >= 0.6 is 11.3 Å². The summed E-state index contributed by atoms with van der Waals surface area (Å²) in [6.45, 7) is 0.853. The topological polar surface area (TPSA) is 18.5 Å². The van der Waals surface area contributed by atoms with E-state index in [0.717, 1.165) is 31.6 Å². The average Bonchev–Trinajstić information content (AvgIpc) is 2.92. The minimum Gasteiger partial charge on any atom is -0.467 e. The predicted molar refractivity (Wildman–Crippen MR) is 65.1 cm³/mol. The summed E-state index contributed by atoms with van der Waals surface area (Å²) in [6.07, 6.45) is 7.63. The van der Waals surface area contributed by atoms with E-state index in [4.69, 9.17) is 9.47 Å². The minimum atomic E-state index is -0.276. The van der Waals surface area contributed by atoms with Gasteiger partial charge in [0.2, 0.25) is 5.79 Å². The maximum atomic E-state index is 6.01. The van der Waals surface area contributed by atoms with Gasteiger partial charge in [0, 0.05) is 24.1 Å². The van der Waals surface area contributed by atoms with Gasteiger partial charge in [-0.3, -0.25) is 0 Å². The third-order valence-corrected chi connectivity index (χ3v) is 4.05. The van der Waals surface area contributed by atoms with Crippen LogP contribution in [0.1, 0.15) is 37.0 Å². The van der Waals surface area contributed by atoms with E-state index in [-0.39, 0.29) is 5.79 Å². The molecule has 3 heterocycles. The fourth-order valence-corrected chi connectivity index (χ4v) is 3.06. The molecule has 2 fully saturated rings. The molecule has 2 nitrogen and oxygen atoms in total. The summed E-state index contributed by atoms with van der Waals surface area (Å²) in [7, 11) is 0. The highest BCUT2D eigenvalue weighted by atomic mass is 32.1. The van der Waals surface area contributed by atoms with Crippen LogP contribution in [0.3, 0.4) is 0 Å². The summed E-state index contributed by atoms with van der Waals surface area (Å²) < 4.78 is 11.8. The first-order chi connectivity index (χ1) is 7.86. The van der Waals surface area contributed by atoms with E-state index in [1.807, 2.05) is 0 Å². The number of hydrogen-bond donors (Lipinski definition) is 0. The summed E-state index contributed by atoms with van der Waals surface area (Å²) in [4.78, 5) is 1.27. The average molecular weight is 236 g/mol. The van der Waals surface area contributed by atoms with E-state index in [1.54, 1.807) is 11.3 Å². The monoisotopic (exact) mass is 236 g/mol. The minimum absolute atomic E-state index is 0.276. The van der Waals surface area contributed by atoms with E-state index < -0.39 is 0 Å². The van der Waals surface area contributed by atoms with Crippen LogP contribution in [-0.4, -0.2) is 12.4 Å². The second-order valence-electron chi connectivity index (χ2n) is 4.44. The molecular weight excluding hydrogens is 220 g/mol. The second-order valence-corrected chi connectivity index (χ2v) is 5.42. The van der Waals surface area contributed by atoms with Crippen molar-refractivity contribution in [1.82, 2.24) is 0 Å². The first-order valence-corrected chi connectivity index (χ1v) is 6.81. The Hall–Kier alpha value is -0.800. The van der Waals surface area contributed by atoms with Crippen molar-refractivity contribution in [1.29, 1.82) is 0 Å².